The number of hydrogen-bond donors (Lipinski definition) is 1. The van der Waals surface area contributed by atoms with E-state index in [0.717, 1.165) is 12.8 Å². The summed E-state index contributed by atoms with van der Waals surface area (Å²) in [5.74, 6) is -1.01. The maximum atomic E-state index is 12.4. The highest BCUT2D eigenvalue weighted by molar-refractivity contribution is 6.06. The predicted molar refractivity (Wildman–Crippen MR) is 93.8 cm³/mol. The van der Waals surface area contributed by atoms with Gasteiger partial charge in [0.1, 0.15) is 5.69 Å². The average Bonchev–Trinajstić information content (AvgIpc) is 2.61. The van der Waals surface area contributed by atoms with Gasteiger partial charge in [-0.15, -0.1) is 0 Å². The molecule has 2 aromatic rings. The van der Waals surface area contributed by atoms with Gasteiger partial charge in [-0.05, 0) is 31.5 Å². The summed E-state index contributed by atoms with van der Waals surface area (Å²) in [6.45, 7) is 4.41. The molecule has 0 radical (unpaired) electrons. The van der Waals surface area contributed by atoms with E-state index in [4.69, 9.17) is 4.74 Å². The lowest BCUT2D eigenvalue weighted by Gasteiger charge is -2.11. The number of carbonyl (C=O) groups is 2. The van der Waals surface area contributed by atoms with Crippen LogP contribution in [0.1, 0.15) is 47.5 Å². The van der Waals surface area contributed by atoms with Crippen LogP contribution in [-0.2, 0) is 11.3 Å². The highest BCUT2D eigenvalue weighted by Crippen LogP contribution is 2.17. The highest BCUT2D eigenvalue weighted by atomic mass is 16.5. The fourth-order valence-electron chi connectivity index (χ4n) is 2.20. The van der Waals surface area contributed by atoms with Gasteiger partial charge in [0.25, 0.3) is 11.5 Å². The molecule has 0 aliphatic heterocycles. The lowest BCUT2D eigenvalue weighted by Crippen LogP contribution is -2.26. The molecule has 0 saturated carbocycles. The maximum absolute atomic E-state index is 12.4. The largest absolute Gasteiger partial charge is 0.462 e. The number of nitrogens with zero attached hydrogens (tertiary/aromatic N) is 2. The van der Waals surface area contributed by atoms with E-state index in [2.05, 4.69) is 10.4 Å². The topological polar surface area (TPSA) is 90.3 Å². The van der Waals surface area contributed by atoms with E-state index in [1.165, 1.54) is 16.8 Å². The summed E-state index contributed by atoms with van der Waals surface area (Å²) in [6.07, 6.45) is 1.71. The number of rotatable bonds is 7. The third kappa shape index (κ3) is 4.76. The summed E-state index contributed by atoms with van der Waals surface area (Å²) in [4.78, 5) is 36.2. The standard InChI is InChI=1S/C18H21N3O4/c1-3-5-12-21-16(22)11-10-15(20-21)17(23)19-14-9-7-6-8-13(14)18(24)25-4-2/h6-11H,3-5,12H2,1-2H3,(H,19,23). The Morgan fingerprint density at radius 3 is 2.64 bits per heavy atom. The Labute approximate surface area is 145 Å². The third-order valence-corrected chi connectivity index (χ3v) is 3.49. The molecule has 7 heteroatoms. The van der Waals surface area contributed by atoms with Crippen LogP contribution in [0.15, 0.2) is 41.2 Å². The number of aryl methyl sites for hydroxylation is 1. The number of aromatic nitrogens is 2. The number of unbranched alkanes of at least 4 members (excludes halogenated alkanes) is 1. The SMILES string of the molecule is CCCCn1nc(C(=O)Nc2ccccc2C(=O)OCC)ccc1=O. The van der Waals surface area contributed by atoms with E-state index < -0.39 is 11.9 Å². The van der Waals surface area contributed by atoms with Gasteiger partial charge in [0.2, 0.25) is 0 Å². The first kappa shape index (κ1) is 18.4. The summed E-state index contributed by atoms with van der Waals surface area (Å²) in [5.41, 5.74) is 0.447. The van der Waals surface area contributed by atoms with Gasteiger partial charge in [-0.1, -0.05) is 25.5 Å². The molecule has 0 aliphatic rings. The van der Waals surface area contributed by atoms with E-state index in [0.29, 0.717) is 12.2 Å². The maximum Gasteiger partial charge on any atom is 0.340 e. The molecule has 0 unspecified atom stereocenters. The zero-order chi connectivity index (χ0) is 18.2. The van der Waals surface area contributed by atoms with Crippen LogP contribution >= 0.6 is 0 Å². The van der Waals surface area contributed by atoms with Crippen molar-refractivity contribution in [2.24, 2.45) is 0 Å². The molecule has 1 aromatic heterocycles. The van der Waals surface area contributed by atoms with Crippen LogP contribution in [0.25, 0.3) is 0 Å². The first-order chi connectivity index (χ1) is 12.1. The van der Waals surface area contributed by atoms with Crippen molar-refractivity contribution in [3.63, 3.8) is 0 Å². The zero-order valence-corrected chi connectivity index (χ0v) is 14.3. The van der Waals surface area contributed by atoms with Gasteiger partial charge >= 0.3 is 5.97 Å². The monoisotopic (exact) mass is 343 g/mol. The number of nitrogens with one attached hydrogen (secondary N) is 1. The zero-order valence-electron chi connectivity index (χ0n) is 14.3. The van der Waals surface area contributed by atoms with Gasteiger partial charge in [0.15, 0.2) is 0 Å². The summed E-state index contributed by atoms with van der Waals surface area (Å²) < 4.78 is 6.26. The van der Waals surface area contributed by atoms with Crippen molar-refractivity contribution in [1.82, 2.24) is 9.78 Å². The van der Waals surface area contributed by atoms with Crippen LogP contribution in [0.3, 0.4) is 0 Å². The molecule has 7 nitrogen and oxygen atoms in total. The van der Waals surface area contributed by atoms with Crippen LogP contribution in [0.2, 0.25) is 0 Å². The smallest absolute Gasteiger partial charge is 0.340 e. The minimum Gasteiger partial charge on any atom is -0.462 e. The second-order valence-corrected chi connectivity index (χ2v) is 5.35. The van der Waals surface area contributed by atoms with E-state index >= 15 is 0 Å². The van der Waals surface area contributed by atoms with E-state index in [-0.39, 0.29) is 23.4 Å². The molecule has 0 spiro atoms. The molecule has 0 bridgehead atoms. The van der Waals surface area contributed by atoms with Crippen LogP contribution in [0.5, 0.6) is 0 Å². The Morgan fingerprint density at radius 2 is 1.92 bits per heavy atom. The Kier molecular flexibility index (Phi) is 6.45. The van der Waals surface area contributed by atoms with Gasteiger partial charge in [0, 0.05) is 12.6 Å². The molecule has 0 fully saturated rings. The number of ether oxygens (including phenoxy) is 1. The first-order valence-corrected chi connectivity index (χ1v) is 8.22. The minimum atomic E-state index is -0.515. The molecule has 1 heterocycles. The number of benzene rings is 1. The molecular weight excluding hydrogens is 322 g/mol. The number of amides is 1. The normalized spacial score (nSPS) is 10.3. The van der Waals surface area contributed by atoms with Crippen molar-refractivity contribution in [3.8, 4) is 0 Å². The van der Waals surface area contributed by atoms with E-state index in [9.17, 15) is 14.4 Å². The molecule has 132 valence electrons. The van der Waals surface area contributed by atoms with Gasteiger partial charge in [0.05, 0.1) is 17.9 Å². The van der Waals surface area contributed by atoms with Gasteiger partial charge < -0.3 is 10.1 Å². The third-order valence-electron chi connectivity index (χ3n) is 3.49. The quantitative estimate of drug-likeness (QED) is 0.780. The van der Waals surface area contributed by atoms with Crippen molar-refractivity contribution in [2.75, 3.05) is 11.9 Å². The van der Waals surface area contributed by atoms with Crippen LogP contribution < -0.4 is 10.9 Å². The lowest BCUT2D eigenvalue weighted by atomic mass is 10.1. The van der Waals surface area contributed by atoms with Crippen LogP contribution in [-0.4, -0.2) is 28.3 Å². The Hall–Kier alpha value is -2.96. The Morgan fingerprint density at radius 1 is 1.16 bits per heavy atom. The fourth-order valence-corrected chi connectivity index (χ4v) is 2.20. The molecule has 0 atom stereocenters. The van der Waals surface area contributed by atoms with Crippen molar-refractivity contribution >= 4 is 17.6 Å². The summed E-state index contributed by atoms with van der Waals surface area (Å²) >= 11 is 0. The van der Waals surface area contributed by atoms with Crippen LogP contribution in [0, 0.1) is 0 Å². The number of anilines is 1. The molecule has 0 saturated heterocycles. The minimum absolute atomic E-state index is 0.106. The van der Waals surface area contributed by atoms with Crippen molar-refractivity contribution < 1.29 is 14.3 Å². The van der Waals surface area contributed by atoms with E-state index in [1.54, 1.807) is 31.2 Å². The fraction of sp³-hybridized carbons (Fsp3) is 0.333. The van der Waals surface area contributed by atoms with Gasteiger partial charge in [-0.3, -0.25) is 9.59 Å². The molecular formula is C18H21N3O4. The average molecular weight is 343 g/mol. The van der Waals surface area contributed by atoms with Crippen molar-refractivity contribution in [2.45, 2.75) is 33.2 Å². The number of carbonyl (C=O) groups excluding carboxylic acids is 2. The van der Waals surface area contributed by atoms with Crippen molar-refractivity contribution in [3.05, 3.63) is 58.0 Å². The van der Waals surface area contributed by atoms with Crippen LogP contribution in [0.4, 0.5) is 5.69 Å². The lowest BCUT2D eigenvalue weighted by molar-refractivity contribution is 0.0527. The molecule has 1 amide bonds. The Balaban J connectivity index is 2.23. The Bertz CT molecular complexity index is 814. The van der Waals surface area contributed by atoms with Gasteiger partial charge in [-0.2, -0.15) is 5.10 Å². The second-order valence-electron chi connectivity index (χ2n) is 5.35. The molecule has 1 aromatic carbocycles. The second kappa shape index (κ2) is 8.77. The predicted octanol–water partition coefficient (Wildman–Crippen LogP) is 2.47. The molecule has 0 aliphatic carbocycles. The summed E-state index contributed by atoms with van der Waals surface area (Å²) in [7, 11) is 0. The number of para-hydroxylation sites is 1. The number of hydrogen-bond acceptors (Lipinski definition) is 5. The summed E-state index contributed by atoms with van der Waals surface area (Å²) in [5, 5.41) is 6.74. The number of esters is 1. The summed E-state index contributed by atoms with van der Waals surface area (Å²) in [6, 6.07) is 9.25. The van der Waals surface area contributed by atoms with Crippen molar-refractivity contribution in [1.29, 1.82) is 0 Å². The molecule has 2 rings (SSSR count). The highest BCUT2D eigenvalue weighted by Gasteiger charge is 2.16. The molecule has 25 heavy (non-hydrogen) atoms. The molecule has 1 N–H and O–H groups in total. The first-order valence-electron chi connectivity index (χ1n) is 8.22. The van der Waals surface area contributed by atoms with E-state index in [1.807, 2.05) is 6.92 Å². The van der Waals surface area contributed by atoms with Gasteiger partial charge in [-0.25, -0.2) is 9.48 Å².